The lowest BCUT2D eigenvalue weighted by Crippen LogP contribution is -2.36. The van der Waals surface area contributed by atoms with E-state index in [1.54, 1.807) is 18.3 Å². The van der Waals surface area contributed by atoms with Crippen molar-refractivity contribution in [1.82, 2.24) is 4.98 Å². The number of amides is 1. The van der Waals surface area contributed by atoms with Crippen LogP contribution >= 0.6 is 11.6 Å². The molecule has 1 unspecified atom stereocenters. The molecular weight excluding hydrogens is 278 g/mol. The summed E-state index contributed by atoms with van der Waals surface area (Å²) in [5.74, 6) is -0.328. The van der Waals surface area contributed by atoms with Crippen LogP contribution in [0.5, 0.6) is 0 Å². The second-order valence-corrected chi connectivity index (χ2v) is 4.81. The fraction of sp³-hybridized carbons (Fsp3) is 0.286. The number of hydrogen-bond acceptors (Lipinski definition) is 4. The molecule has 0 aliphatic carbocycles. The lowest BCUT2D eigenvalue weighted by molar-refractivity contribution is -0.125. The molecular formula is C14H16ClN3O2. The lowest BCUT2D eigenvalue weighted by atomic mass is 10.1. The van der Waals surface area contributed by atoms with E-state index in [-0.39, 0.29) is 12.5 Å². The van der Waals surface area contributed by atoms with Gasteiger partial charge in [-0.1, -0.05) is 11.6 Å². The maximum atomic E-state index is 12.1. The molecule has 1 aromatic carbocycles. The smallest absolute Gasteiger partial charge is 0.254 e. The molecule has 6 heteroatoms. The number of fused-ring (bicyclic) bond motifs is 1. The van der Waals surface area contributed by atoms with Crippen LogP contribution in [-0.4, -0.2) is 30.6 Å². The zero-order valence-corrected chi connectivity index (χ0v) is 12.1. The molecule has 5 nitrogen and oxygen atoms in total. The average molecular weight is 294 g/mol. The highest BCUT2D eigenvalue weighted by molar-refractivity contribution is 6.35. The number of aromatic nitrogens is 1. The number of nitrogens with two attached hydrogens (primary N) is 1. The van der Waals surface area contributed by atoms with E-state index in [1.807, 2.05) is 13.0 Å². The molecule has 1 aromatic heterocycles. The first-order valence-electron chi connectivity index (χ1n) is 6.16. The molecule has 2 rings (SSSR count). The van der Waals surface area contributed by atoms with Crippen LogP contribution in [-0.2, 0) is 9.53 Å². The molecule has 2 aromatic rings. The van der Waals surface area contributed by atoms with Gasteiger partial charge in [-0.3, -0.25) is 9.78 Å². The van der Waals surface area contributed by atoms with Gasteiger partial charge in [0.05, 0.1) is 16.2 Å². The van der Waals surface area contributed by atoms with Gasteiger partial charge in [0.15, 0.2) is 0 Å². The third kappa shape index (κ3) is 2.75. The molecule has 0 aliphatic heterocycles. The normalized spacial score (nSPS) is 12.4. The first-order chi connectivity index (χ1) is 9.58. The van der Waals surface area contributed by atoms with E-state index in [9.17, 15) is 4.79 Å². The Hall–Kier alpha value is -1.69. The number of pyridine rings is 1. The minimum Gasteiger partial charge on any atom is -0.370 e. The van der Waals surface area contributed by atoms with Crippen LogP contribution in [0.2, 0.25) is 5.02 Å². The fourth-order valence-electron chi connectivity index (χ4n) is 2.02. The Morgan fingerprint density at radius 1 is 1.60 bits per heavy atom. The first kappa shape index (κ1) is 14.7. The van der Waals surface area contributed by atoms with Gasteiger partial charge >= 0.3 is 0 Å². The molecule has 0 saturated carbocycles. The number of ether oxygens (including phenoxy) is 1. The summed E-state index contributed by atoms with van der Waals surface area (Å²) in [4.78, 5) is 16.4. The predicted molar refractivity (Wildman–Crippen MR) is 80.0 cm³/mol. The van der Waals surface area contributed by atoms with E-state index in [0.29, 0.717) is 10.7 Å². The van der Waals surface area contributed by atoms with E-state index in [0.717, 1.165) is 16.5 Å². The Kier molecular flexibility index (Phi) is 4.54. The van der Waals surface area contributed by atoms with E-state index >= 15 is 0 Å². The quantitative estimate of drug-likeness (QED) is 0.905. The van der Waals surface area contributed by atoms with Gasteiger partial charge in [-0.05, 0) is 30.7 Å². The number of carbonyl (C=O) groups is 1. The molecule has 1 amide bonds. The molecule has 0 radical (unpaired) electrons. The number of rotatable bonds is 4. The molecule has 0 bridgehead atoms. The van der Waals surface area contributed by atoms with Gasteiger partial charge in [0.2, 0.25) is 0 Å². The Morgan fingerprint density at radius 2 is 2.35 bits per heavy atom. The second kappa shape index (κ2) is 6.17. The van der Waals surface area contributed by atoms with E-state index in [1.165, 1.54) is 7.11 Å². The van der Waals surface area contributed by atoms with Crippen molar-refractivity contribution in [3.8, 4) is 0 Å². The highest BCUT2D eigenvalue weighted by atomic mass is 35.5. The molecule has 0 spiro atoms. The zero-order valence-electron chi connectivity index (χ0n) is 11.3. The summed E-state index contributed by atoms with van der Waals surface area (Å²) < 4.78 is 5.01. The number of benzene rings is 1. The van der Waals surface area contributed by atoms with Crippen molar-refractivity contribution in [1.29, 1.82) is 0 Å². The van der Waals surface area contributed by atoms with Crippen LogP contribution < -0.4 is 11.1 Å². The van der Waals surface area contributed by atoms with Crippen LogP contribution in [0.4, 0.5) is 5.69 Å². The van der Waals surface area contributed by atoms with Gasteiger partial charge in [0.1, 0.15) is 6.10 Å². The van der Waals surface area contributed by atoms with Gasteiger partial charge in [-0.25, -0.2) is 0 Å². The van der Waals surface area contributed by atoms with Gasteiger partial charge in [-0.2, -0.15) is 0 Å². The Bertz CT molecular complexity index is 642. The number of anilines is 1. The van der Waals surface area contributed by atoms with Crippen molar-refractivity contribution in [3.05, 3.63) is 35.0 Å². The van der Waals surface area contributed by atoms with Crippen molar-refractivity contribution in [2.24, 2.45) is 5.73 Å². The molecule has 106 valence electrons. The molecule has 1 heterocycles. The minimum atomic E-state index is -0.709. The largest absolute Gasteiger partial charge is 0.370 e. The number of hydrogen-bond donors (Lipinski definition) is 2. The van der Waals surface area contributed by atoms with Gasteiger partial charge in [0.25, 0.3) is 5.91 Å². The number of methoxy groups -OCH3 is 1. The summed E-state index contributed by atoms with van der Waals surface area (Å²) in [5, 5.41) is 4.02. The van der Waals surface area contributed by atoms with Gasteiger partial charge in [-0.15, -0.1) is 0 Å². The van der Waals surface area contributed by atoms with Crippen LogP contribution in [0.15, 0.2) is 24.4 Å². The second-order valence-electron chi connectivity index (χ2n) is 4.40. The summed E-state index contributed by atoms with van der Waals surface area (Å²) in [6, 6.07) is 5.43. The number of nitrogens with one attached hydrogen (secondary N) is 1. The molecule has 0 fully saturated rings. The summed E-state index contributed by atoms with van der Waals surface area (Å²) in [6.07, 6.45) is 0.992. The molecule has 0 saturated heterocycles. The first-order valence-corrected chi connectivity index (χ1v) is 6.53. The molecule has 20 heavy (non-hydrogen) atoms. The Labute approximate surface area is 122 Å². The van der Waals surface area contributed by atoms with E-state index in [4.69, 9.17) is 22.1 Å². The predicted octanol–water partition coefficient (Wildman–Crippen LogP) is 2.11. The SMILES string of the molecule is COC(CN)C(=O)Nc1c(Cl)cc(C)c2ncccc12. The summed E-state index contributed by atoms with van der Waals surface area (Å²) in [5.41, 5.74) is 7.76. The van der Waals surface area contributed by atoms with Gasteiger partial charge < -0.3 is 15.8 Å². The lowest BCUT2D eigenvalue weighted by Gasteiger charge is -2.16. The summed E-state index contributed by atoms with van der Waals surface area (Å²) in [6.45, 7) is 2.02. The molecule has 3 N–H and O–H groups in total. The summed E-state index contributed by atoms with van der Waals surface area (Å²) in [7, 11) is 1.44. The monoisotopic (exact) mass is 293 g/mol. The highest BCUT2D eigenvalue weighted by Crippen LogP contribution is 2.32. The summed E-state index contributed by atoms with van der Waals surface area (Å²) >= 11 is 6.23. The average Bonchev–Trinajstić information content (AvgIpc) is 2.45. The van der Waals surface area contributed by atoms with Crippen molar-refractivity contribution in [2.45, 2.75) is 13.0 Å². The molecule has 1 atom stereocenters. The van der Waals surface area contributed by atoms with Gasteiger partial charge in [0, 0.05) is 25.2 Å². The number of aryl methyl sites for hydroxylation is 1. The standard InChI is InChI=1S/C14H16ClN3O2/c1-8-6-10(15)13(9-4-3-5-17-12(8)9)18-14(19)11(7-16)20-2/h3-6,11H,7,16H2,1-2H3,(H,18,19). The van der Waals surface area contributed by atoms with E-state index < -0.39 is 6.10 Å². The Balaban J connectivity index is 2.47. The number of carbonyl (C=O) groups excluding carboxylic acids is 1. The van der Waals surface area contributed by atoms with Crippen molar-refractivity contribution >= 4 is 34.1 Å². The van der Waals surface area contributed by atoms with Crippen LogP contribution in [0.3, 0.4) is 0 Å². The Morgan fingerprint density at radius 3 is 3.00 bits per heavy atom. The van der Waals surface area contributed by atoms with Crippen LogP contribution in [0.25, 0.3) is 10.9 Å². The topological polar surface area (TPSA) is 77.2 Å². The molecule has 0 aliphatic rings. The van der Waals surface area contributed by atoms with Crippen molar-refractivity contribution < 1.29 is 9.53 Å². The number of nitrogens with zero attached hydrogens (tertiary/aromatic N) is 1. The maximum Gasteiger partial charge on any atom is 0.254 e. The third-order valence-corrected chi connectivity index (χ3v) is 3.37. The van der Waals surface area contributed by atoms with Crippen LogP contribution in [0.1, 0.15) is 5.56 Å². The van der Waals surface area contributed by atoms with Crippen molar-refractivity contribution in [3.63, 3.8) is 0 Å². The fourth-order valence-corrected chi connectivity index (χ4v) is 2.33. The minimum absolute atomic E-state index is 0.0992. The van der Waals surface area contributed by atoms with E-state index in [2.05, 4.69) is 10.3 Å². The van der Waals surface area contributed by atoms with Crippen molar-refractivity contribution in [2.75, 3.05) is 19.0 Å². The highest BCUT2D eigenvalue weighted by Gasteiger charge is 2.19. The number of halogens is 1. The maximum absolute atomic E-state index is 12.1. The van der Waals surface area contributed by atoms with Crippen LogP contribution in [0, 0.1) is 6.92 Å². The zero-order chi connectivity index (χ0) is 14.7. The third-order valence-electron chi connectivity index (χ3n) is 3.07.